The predicted octanol–water partition coefficient (Wildman–Crippen LogP) is -2.13. The molecular formula is C84H125IN24O18S3. The predicted molar refractivity (Wildman–Crippen MR) is 503 cm³/mol. The summed E-state index contributed by atoms with van der Waals surface area (Å²) < 4.78 is 0.400. The normalized spacial score (nSPS) is 14.9. The lowest BCUT2D eigenvalue weighted by Gasteiger charge is -2.32. The van der Waals surface area contributed by atoms with Gasteiger partial charge in [0, 0.05) is 86.9 Å². The van der Waals surface area contributed by atoms with Gasteiger partial charge >= 0.3 is 5.97 Å². The Morgan fingerprint density at radius 2 is 1.12 bits per heavy atom. The maximum Gasteiger partial charge on any atom is 0.326 e. The Bertz CT molecular complexity index is 4610. The van der Waals surface area contributed by atoms with Crippen LogP contribution in [-0.2, 0) is 96.0 Å². The number of hydrogen-bond donors (Lipinski definition) is 26. The molecule has 2 heterocycles. The number of aliphatic carboxylic acids is 1. The number of thioether (sulfide) groups is 1. The smallest absolute Gasteiger partial charge is 0.326 e. The van der Waals surface area contributed by atoms with E-state index in [1.165, 1.54) is 34.9 Å². The van der Waals surface area contributed by atoms with Gasteiger partial charge in [0.2, 0.25) is 76.8 Å². The van der Waals surface area contributed by atoms with Crippen LogP contribution in [-0.4, -0.2) is 272 Å². The van der Waals surface area contributed by atoms with Crippen LogP contribution in [0.4, 0.5) is 0 Å². The molecule has 46 heteroatoms. The van der Waals surface area contributed by atoms with Gasteiger partial charge in [-0.15, -0.1) is 0 Å². The number of imide groups is 1. The van der Waals surface area contributed by atoms with Crippen molar-refractivity contribution in [2.75, 3.05) is 62.8 Å². The highest BCUT2D eigenvalue weighted by Crippen LogP contribution is 2.25. The van der Waals surface area contributed by atoms with Crippen molar-refractivity contribution in [3.05, 3.63) is 99.3 Å². The van der Waals surface area contributed by atoms with E-state index in [1.54, 1.807) is 82.6 Å². The van der Waals surface area contributed by atoms with Gasteiger partial charge in [-0.3, -0.25) is 93.0 Å². The highest BCUT2D eigenvalue weighted by Gasteiger charge is 2.43. The van der Waals surface area contributed by atoms with Crippen molar-refractivity contribution < 1.29 is 86.9 Å². The van der Waals surface area contributed by atoms with E-state index in [0.29, 0.717) is 31.6 Å². The van der Waals surface area contributed by atoms with Gasteiger partial charge in [0.05, 0.1) is 22.6 Å². The van der Waals surface area contributed by atoms with Crippen molar-refractivity contribution in [1.82, 2.24) is 83.9 Å². The summed E-state index contributed by atoms with van der Waals surface area (Å²) in [5.41, 5.74) is 31.0. The number of likely N-dealkylation sites (tertiary alicyclic amines) is 1. The van der Waals surface area contributed by atoms with Gasteiger partial charge in [0.25, 0.3) is 0 Å². The van der Waals surface area contributed by atoms with E-state index in [9.17, 15) is 86.9 Å². The van der Waals surface area contributed by atoms with Crippen molar-refractivity contribution >= 4 is 183 Å². The van der Waals surface area contributed by atoms with Crippen molar-refractivity contribution in [3.8, 4) is 5.75 Å². The third kappa shape index (κ3) is 36.9. The molecule has 714 valence electrons. The molecule has 1 aromatic heterocycles. The van der Waals surface area contributed by atoms with Crippen LogP contribution in [0.25, 0.3) is 10.9 Å². The van der Waals surface area contributed by atoms with Crippen LogP contribution >= 0.6 is 59.6 Å². The number of phenolic OH excluding ortho intramolecular Hbond substituents is 1. The first-order valence-corrected chi connectivity index (χ1v) is 46.3. The molecule has 1 aliphatic rings. The number of rotatable bonds is 57. The molecule has 0 bridgehead atoms. The Balaban J connectivity index is 1.34. The SMILES string of the molecule is CSCC[C@H](NC(=O)[C@H](CS)NC(=O)[C@H](CCCNC(=N)N)N(C(=O)CC(=O)CCC(=O)CCN)C(=O)[C@@H](N)Cc1ccc(O)c(I)c1)C(=O)N[C@@H](CC(C)C)C(=O)NCC(=O)N[C@@H](CCCNC(=N)N)C(=O)N[C@H](C(=O)N[C@@H](Cc1ccccc1)C(=O)N[C@@H](CCCNC(=N)N)C(=O)N1CCC[C@H]1C(=O)N[C@@H](CS)C(=O)N[C@@H](Cc1c[nH]c2ccccc12)C(=O)O)C(C)C. The molecule has 0 saturated carbocycles. The third-order valence-corrected chi connectivity index (χ3v) is 23.2. The second-order valence-electron chi connectivity index (χ2n) is 32.0. The quantitative estimate of drug-likeness (QED) is 0.00561. The van der Waals surface area contributed by atoms with Gasteiger partial charge in [-0.1, -0.05) is 82.3 Å². The summed E-state index contributed by atoms with van der Waals surface area (Å²) in [5, 5.41) is 78.4. The lowest BCUT2D eigenvalue weighted by atomic mass is 9.99. The van der Waals surface area contributed by atoms with E-state index >= 15 is 0 Å². The Labute approximate surface area is 782 Å². The zero-order valence-corrected chi connectivity index (χ0v) is 78.1. The molecule has 5 rings (SSSR count). The van der Waals surface area contributed by atoms with Crippen LogP contribution in [0.15, 0.2) is 79.0 Å². The summed E-state index contributed by atoms with van der Waals surface area (Å²) >= 11 is 11.8. The topological polar surface area (TPSA) is 694 Å². The summed E-state index contributed by atoms with van der Waals surface area (Å²) in [6, 6.07) is 2.46. The third-order valence-electron chi connectivity index (χ3n) is 20.9. The van der Waals surface area contributed by atoms with Crippen molar-refractivity contribution in [3.63, 3.8) is 0 Å². The largest absolute Gasteiger partial charge is 0.507 e. The first-order chi connectivity index (χ1) is 61.7. The molecule has 0 aliphatic carbocycles. The van der Waals surface area contributed by atoms with E-state index < -0.39 is 204 Å². The van der Waals surface area contributed by atoms with Crippen LogP contribution in [0.2, 0.25) is 0 Å². The Morgan fingerprint density at radius 3 is 1.72 bits per heavy atom. The van der Waals surface area contributed by atoms with E-state index in [1.807, 2.05) is 34.7 Å². The minimum absolute atomic E-state index is 0.0101. The maximum absolute atomic E-state index is 15.0. The number of carbonyl (C=O) groups is 16. The lowest BCUT2D eigenvalue weighted by Crippen LogP contribution is -2.61. The molecule has 1 saturated heterocycles. The molecule has 0 radical (unpaired) electrons. The number of fused-ring (bicyclic) bond motifs is 1. The number of carbonyl (C=O) groups excluding carboxylic acids is 15. The Morgan fingerprint density at radius 1 is 0.585 bits per heavy atom. The number of nitrogens with two attached hydrogens (primary N) is 5. The number of para-hydroxylation sites is 1. The summed E-state index contributed by atoms with van der Waals surface area (Å²) in [6.45, 7) is 5.91. The van der Waals surface area contributed by atoms with Gasteiger partial charge in [0.15, 0.2) is 17.9 Å². The lowest BCUT2D eigenvalue weighted by molar-refractivity contribution is -0.154. The van der Waals surface area contributed by atoms with Crippen molar-refractivity contribution in [2.45, 2.75) is 209 Å². The van der Waals surface area contributed by atoms with E-state index in [4.69, 9.17) is 44.9 Å². The first kappa shape index (κ1) is 109. The number of guanidine groups is 3. The number of aromatic nitrogens is 1. The number of ketones is 2. The van der Waals surface area contributed by atoms with Gasteiger partial charge in [-0.25, -0.2) is 4.79 Å². The number of thiol groups is 2. The first-order valence-electron chi connectivity index (χ1n) is 42.6. The summed E-state index contributed by atoms with van der Waals surface area (Å²) in [7, 11) is 0. The number of carboxylic acids is 1. The Kier molecular flexibility index (Phi) is 47.2. The molecule has 12 atom stereocenters. The van der Waals surface area contributed by atoms with Crippen LogP contribution in [0.5, 0.6) is 5.75 Å². The molecular weight excluding hydrogens is 1860 g/mol. The van der Waals surface area contributed by atoms with Crippen LogP contribution in [0.1, 0.15) is 134 Å². The molecule has 0 spiro atoms. The number of H-pyrrole nitrogens is 1. The number of amides is 13. The zero-order valence-electron chi connectivity index (χ0n) is 73.4. The van der Waals surface area contributed by atoms with Gasteiger partial charge in [-0.2, -0.15) is 37.0 Å². The maximum atomic E-state index is 15.0. The van der Waals surface area contributed by atoms with Crippen LogP contribution in [0.3, 0.4) is 0 Å². The van der Waals surface area contributed by atoms with Gasteiger partial charge in [-0.05, 0) is 158 Å². The molecule has 0 unspecified atom stereocenters. The van der Waals surface area contributed by atoms with Gasteiger partial charge < -0.3 is 118 Å². The number of nitrogens with one attached hydrogen (secondary N) is 17. The number of carboxylic acid groups (broad SMARTS) is 1. The number of halogens is 1. The number of phenols is 1. The molecule has 3 aromatic carbocycles. The summed E-state index contributed by atoms with van der Waals surface area (Å²) in [6.07, 6.45) is 0.993. The number of Topliss-reactive ketones (excluding diaryl/α,β-unsaturated/α-hetero) is 2. The monoisotopic (exact) mass is 1980 g/mol. The zero-order chi connectivity index (χ0) is 96.4. The minimum Gasteiger partial charge on any atom is -0.507 e. The van der Waals surface area contributed by atoms with E-state index in [2.05, 4.69) is 99.4 Å². The average Bonchev–Trinajstić information content (AvgIpc) is 1.17. The molecule has 4 aromatic rings. The minimum atomic E-state index is -1.82. The molecule has 1 fully saturated rings. The number of aromatic hydroxyl groups is 1. The van der Waals surface area contributed by atoms with E-state index in [-0.39, 0.29) is 158 Å². The second-order valence-corrected chi connectivity index (χ2v) is 34.9. The second kappa shape index (κ2) is 56.3. The highest BCUT2D eigenvalue weighted by molar-refractivity contribution is 14.1. The fourth-order valence-electron chi connectivity index (χ4n) is 14.1. The van der Waals surface area contributed by atoms with Crippen LogP contribution in [0, 0.1) is 31.6 Å². The number of hydrogen-bond acceptors (Lipinski definition) is 25. The summed E-state index contributed by atoms with van der Waals surface area (Å²) in [5.74, 6) is -17.5. The molecule has 13 amide bonds. The number of benzene rings is 3. The molecule has 42 nitrogen and oxygen atoms in total. The highest BCUT2D eigenvalue weighted by atomic mass is 127. The van der Waals surface area contributed by atoms with Crippen molar-refractivity contribution in [2.24, 2.45) is 40.5 Å². The molecule has 1 aliphatic heterocycles. The molecule has 130 heavy (non-hydrogen) atoms. The average molecular weight is 1980 g/mol. The Hall–Kier alpha value is -11.4. The molecule has 29 N–H and O–H groups in total. The number of nitrogens with zero attached hydrogens (tertiary/aromatic N) is 2. The fraction of sp³-hybridized carbons (Fsp3) is 0.536. The number of aromatic amines is 1. The van der Waals surface area contributed by atoms with Crippen molar-refractivity contribution in [1.29, 1.82) is 16.2 Å². The fourth-order valence-corrected chi connectivity index (χ4v) is 15.7. The van der Waals surface area contributed by atoms with E-state index in [0.717, 1.165) is 10.9 Å². The summed E-state index contributed by atoms with van der Waals surface area (Å²) in [4.78, 5) is 232. The van der Waals surface area contributed by atoms with Gasteiger partial charge in [0.1, 0.15) is 83.8 Å². The standard InChI is InChI=1S/C84H125IN24O18S3/c1-45(2)35-59(102-71(116)57(28-34-130-5)100-74(119)62(43-128)106-77(122)65(21-13-32-96-84(92)93)109(68(114)40-51(111)25-24-50(110)27-29-86)79(124)54(87)37-48-23-26-66(112)53(85)36-48)70(115)98-42-67(113)99-56(19-11-30-94-82(88)89)72(117)107-69(46(3)4)78(123)103-60(38-47-15-7-6-8-16-47)73(118)101-58(20-12-31-95-83(90)91)80(125)108-33-14-22-64(108)76(121)105-63(44-129)75(120)104-61(81(126)127)39-49-41-97-55-18-10-9-17-52(49)55/h6-10,15-18,23,26,36,41,45-46,54,56-65,69,97,112,128-129H,11-14,19-22,24-25,27-35,37-40,42-44,86-87H2,1-5H3,(H,98,115)(H,99,113)(H,100,119)(H,101,118)(H,102,116)(H,103,123)(H,104,120)(H,105,121)(H,106,122)(H,107,117)(H,126,127)(H4,88,89,94)(H4,90,91,95)(H4,92,93,96)/t54-,56-,57-,58-,59-,60-,61-,62-,63-,64-,65-,69-/m0/s1. The van der Waals surface area contributed by atoms with Crippen LogP contribution < -0.4 is 97.8 Å².